The molecule has 1 saturated heterocycles. The Morgan fingerprint density at radius 1 is 1.07 bits per heavy atom. The number of sulfonamides is 1. The molecule has 1 heterocycles. The Balaban J connectivity index is 1.43. The number of rotatable bonds is 7. The number of methoxy groups -OCH3 is 1. The predicted octanol–water partition coefficient (Wildman–Crippen LogP) is 2.73. The summed E-state index contributed by atoms with van der Waals surface area (Å²) in [6, 6.07) is 17.4. The van der Waals surface area contributed by atoms with Crippen LogP contribution in [0, 0.1) is 0 Å². The average Bonchev–Trinajstić information content (AvgIpc) is 2.79. The molecule has 0 aliphatic carbocycles. The van der Waals surface area contributed by atoms with Gasteiger partial charge in [-0.05, 0) is 48.0 Å². The highest BCUT2D eigenvalue weighted by molar-refractivity contribution is 7.92. The van der Waals surface area contributed by atoms with Gasteiger partial charge in [-0.3, -0.25) is 0 Å². The zero-order valence-electron chi connectivity index (χ0n) is 17.0. The van der Waals surface area contributed by atoms with E-state index in [1.165, 1.54) is 15.3 Å². The molecule has 0 radical (unpaired) electrons. The van der Waals surface area contributed by atoms with Gasteiger partial charge in [0, 0.05) is 38.1 Å². The Kier molecular flexibility index (Phi) is 7.84. The first-order chi connectivity index (χ1) is 14.5. The summed E-state index contributed by atoms with van der Waals surface area (Å²) in [5, 5.41) is 5.22. The Morgan fingerprint density at radius 2 is 1.73 bits per heavy atom. The first-order valence-corrected chi connectivity index (χ1v) is 11.8. The van der Waals surface area contributed by atoms with Crippen LogP contribution in [0.25, 0.3) is 6.08 Å². The lowest BCUT2D eigenvalue weighted by Crippen LogP contribution is -2.52. The number of nitrogens with one attached hydrogen (secondary N) is 1. The number of hydrogen-bond donors (Lipinski definition) is 1. The Labute approximate surface area is 184 Å². The molecule has 0 spiro atoms. The number of piperazine rings is 1. The van der Waals surface area contributed by atoms with Crippen LogP contribution in [0.15, 0.2) is 60.0 Å². The molecule has 1 fully saturated rings. The zero-order valence-corrected chi connectivity index (χ0v) is 18.7. The van der Waals surface area contributed by atoms with Crippen LogP contribution in [0.2, 0.25) is 0 Å². The Hall–Kier alpha value is -2.42. The van der Waals surface area contributed by atoms with E-state index in [1.54, 1.807) is 13.2 Å². The van der Waals surface area contributed by atoms with E-state index in [0.717, 1.165) is 24.3 Å². The second-order valence-corrected chi connectivity index (χ2v) is 9.18. The number of ether oxygens (including phenoxy) is 1. The second-order valence-electron chi connectivity index (χ2n) is 6.97. The van der Waals surface area contributed by atoms with Gasteiger partial charge in [-0.1, -0.05) is 42.5 Å². The predicted molar refractivity (Wildman–Crippen MR) is 125 cm³/mol. The van der Waals surface area contributed by atoms with Gasteiger partial charge in [0.15, 0.2) is 5.11 Å². The quantitative estimate of drug-likeness (QED) is 0.662. The standard InChI is InChI=1S/C22H27N3O3S2/c1-28-21-9-7-20(8-10-21)11-13-23-22(29)24-14-16-25(17-15-24)30(26,27)18-12-19-5-3-2-4-6-19/h2-10,12,18H,11,13-17H2,1H3,(H,23,29)/b18-12+. The summed E-state index contributed by atoms with van der Waals surface area (Å²) < 4.78 is 31.8. The maximum Gasteiger partial charge on any atom is 0.236 e. The highest BCUT2D eigenvalue weighted by Gasteiger charge is 2.25. The van der Waals surface area contributed by atoms with Gasteiger partial charge in [0.05, 0.1) is 7.11 Å². The summed E-state index contributed by atoms with van der Waals surface area (Å²) in [6.07, 6.45) is 2.48. The minimum atomic E-state index is -3.44. The van der Waals surface area contributed by atoms with Crippen molar-refractivity contribution in [2.45, 2.75) is 6.42 Å². The normalized spacial score (nSPS) is 15.3. The van der Waals surface area contributed by atoms with E-state index >= 15 is 0 Å². The Bertz CT molecular complexity index is 953. The first kappa shape index (κ1) is 22.3. The van der Waals surface area contributed by atoms with Crippen LogP contribution >= 0.6 is 12.2 Å². The molecule has 0 amide bonds. The van der Waals surface area contributed by atoms with Crippen molar-refractivity contribution in [3.8, 4) is 5.75 Å². The number of hydrogen-bond acceptors (Lipinski definition) is 4. The van der Waals surface area contributed by atoms with Crippen LogP contribution in [0.5, 0.6) is 5.75 Å². The third kappa shape index (κ3) is 6.29. The van der Waals surface area contributed by atoms with Gasteiger partial charge in [-0.15, -0.1) is 0 Å². The van der Waals surface area contributed by atoms with Gasteiger partial charge in [0.2, 0.25) is 10.0 Å². The maximum absolute atomic E-state index is 12.6. The molecule has 1 aliphatic heterocycles. The molecule has 0 unspecified atom stereocenters. The molecular weight excluding hydrogens is 418 g/mol. The minimum Gasteiger partial charge on any atom is -0.497 e. The van der Waals surface area contributed by atoms with Crippen molar-refractivity contribution in [1.29, 1.82) is 0 Å². The summed E-state index contributed by atoms with van der Waals surface area (Å²) in [6.45, 7) is 2.71. The summed E-state index contributed by atoms with van der Waals surface area (Å²) in [5.74, 6) is 0.841. The van der Waals surface area contributed by atoms with Gasteiger partial charge in [-0.25, -0.2) is 8.42 Å². The van der Waals surface area contributed by atoms with Gasteiger partial charge in [-0.2, -0.15) is 4.31 Å². The second kappa shape index (κ2) is 10.6. The molecule has 0 saturated carbocycles. The molecule has 30 heavy (non-hydrogen) atoms. The summed E-state index contributed by atoms with van der Waals surface area (Å²) in [4.78, 5) is 2.02. The molecule has 160 valence electrons. The molecule has 0 atom stereocenters. The van der Waals surface area contributed by atoms with Gasteiger partial charge in [0.1, 0.15) is 5.75 Å². The number of benzene rings is 2. The van der Waals surface area contributed by atoms with Crippen LogP contribution < -0.4 is 10.1 Å². The number of thiocarbonyl (C=S) groups is 1. The van der Waals surface area contributed by atoms with E-state index in [1.807, 2.05) is 59.5 Å². The third-order valence-electron chi connectivity index (χ3n) is 4.97. The van der Waals surface area contributed by atoms with Crippen molar-refractivity contribution in [1.82, 2.24) is 14.5 Å². The van der Waals surface area contributed by atoms with E-state index in [9.17, 15) is 8.42 Å². The largest absolute Gasteiger partial charge is 0.497 e. The van der Waals surface area contributed by atoms with Crippen molar-refractivity contribution in [2.75, 3.05) is 39.8 Å². The summed E-state index contributed by atoms with van der Waals surface area (Å²) in [7, 11) is -1.78. The first-order valence-electron chi connectivity index (χ1n) is 9.87. The van der Waals surface area contributed by atoms with Crippen LogP contribution in [0.1, 0.15) is 11.1 Å². The van der Waals surface area contributed by atoms with E-state index < -0.39 is 10.0 Å². The lowest BCUT2D eigenvalue weighted by Gasteiger charge is -2.35. The molecule has 1 aliphatic rings. The fourth-order valence-electron chi connectivity index (χ4n) is 3.18. The lowest BCUT2D eigenvalue weighted by atomic mass is 10.1. The molecule has 3 rings (SSSR count). The maximum atomic E-state index is 12.6. The molecule has 2 aromatic rings. The van der Waals surface area contributed by atoms with Gasteiger partial charge >= 0.3 is 0 Å². The van der Waals surface area contributed by atoms with Crippen molar-refractivity contribution in [2.24, 2.45) is 0 Å². The van der Waals surface area contributed by atoms with E-state index in [4.69, 9.17) is 17.0 Å². The molecule has 0 aromatic heterocycles. The van der Waals surface area contributed by atoms with E-state index in [2.05, 4.69) is 5.32 Å². The van der Waals surface area contributed by atoms with Crippen LogP contribution in [0.3, 0.4) is 0 Å². The van der Waals surface area contributed by atoms with Crippen molar-refractivity contribution in [3.05, 3.63) is 71.1 Å². The smallest absolute Gasteiger partial charge is 0.236 e. The summed E-state index contributed by atoms with van der Waals surface area (Å²) >= 11 is 5.49. The average molecular weight is 446 g/mol. The SMILES string of the molecule is COc1ccc(CCNC(=S)N2CCN(S(=O)(=O)/C=C/c3ccccc3)CC2)cc1. The molecule has 6 nitrogen and oxygen atoms in total. The number of nitrogens with zero attached hydrogens (tertiary/aromatic N) is 2. The van der Waals surface area contributed by atoms with Crippen molar-refractivity contribution < 1.29 is 13.2 Å². The van der Waals surface area contributed by atoms with Gasteiger partial charge in [0.25, 0.3) is 0 Å². The summed E-state index contributed by atoms with van der Waals surface area (Å²) in [5.41, 5.74) is 2.06. The zero-order chi connectivity index (χ0) is 21.4. The van der Waals surface area contributed by atoms with E-state index in [0.29, 0.717) is 31.3 Å². The molecule has 0 bridgehead atoms. The Morgan fingerprint density at radius 3 is 2.37 bits per heavy atom. The van der Waals surface area contributed by atoms with Crippen molar-refractivity contribution in [3.63, 3.8) is 0 Å². The highest BCUT2D eigenvalue weighted by Crippen LogP contribution is 2.13. The fraction of sp³-hybridized carbons (Fsp3) is 0.318. The minimum absolute atomic E-state index is 0.418. The van der Waals surface area contributed by atoms with Crippen LogP contribution in [-0.4, -0.2) is 62.6 Å². The topological polar surface area (TPSA) is 61.9 Å². The van der Waals surface area contributed by atoms with Gasteiger partial charge < -0.3 is 15.0 Å². The van der Waals surface area contributed by atoms with E-state index in [-0.39, 0.29) is 0 Å². The van der Waals surface area contributed by atoms with Crippen LogP contribution in [-0.2, 0) is 16.4 Å². The molecule has 2 aromatic carbocycles. The molecule has 1 N–H and O–H groups in total. The van der Waals surface area contributed by atoms with Crippen LogP contribution in [0.4, 0.5) is 0 Å². The third-order valence-corrected chi connectivity index (χ3v) is 6.93. The fourth-order valence-corrected chi connectivity index (χ4v) is 4.64. The monoisotopic (exact) mass is 445 g/mol. The lowest BCUT2D eigenvalue weighted by molar-refractivity contribution is 0.266. The molecule has 8 heteroatoms. The molecular formula is C22H27N3O3S2. The van der Waals surface area contributed by atoms with Crippen molar-refractivity contribution >= 4 is 33.4 Å². The highest BCUT2D eigenvalue weighted by atomic mass is 32.2.